The molecule has 0 aromatic heterocycles. The van der Waals surface area contributed by atoms with Gasteiger partial charge in [-0.15, -0.1) is 23.2 Å². The number of carbonyl (C=O) groups excluding carboxylic acids is 1. The predicted octanol–water partition coefficient (Wildman–Crippen LogP) is 2.35. The minimum Gasteiger partial charge on any atom is -0.374 e. The van der Waals surface area contributed by atoms with Crippen LogP contribution in [0.2, 0.25) is 0 Å². The number of halogens is 2. The molecule has 0 unspecified atom stereocenters. The Balaban J connectivity index is 1.71. The van der Waals surface area contributed by atoms with Crippen LogP contribution in [0.15, 0.2) is 0 Å². The van der Waals surface area contributed by atoms with E-state index < -0.39 is 4.33 Å². The van der Waals surface area contributed by atoms with E-state index in [4.69, 9.17) is 27.9 Å². The zero-order chi connectivity index (χ0) is 12.0. The molecule has 0 spiro atoms. The molecule has 2 saturated carbocycles. The summed E-state index contributed by atoms with van der Waals surface area (Å²) in [6.45, 7) is 1.34. The third-order valence-electron chi connectivity index (χ3n) is 4.14. The normalized spacial score (nSPS) is 39.6. The van der Waals surface area contributed by atoms with Gasteiger partial charge in [0, 0.05) is 6.54 Å². The number of ether oxygens (including phenoxy) is 1. The Hall–Kier alpha value is 0.01000. The molecule has 0 aromatic carbocycles. The first-order chi connectivity index (χ1) is 8.09. The maximum atomic E-state index is 12.3. The van der Waals surface area contributed by atoms with Crippen molar-refractivity contribution in [2.45, 2.75) is 48.6 Å². The standard InChI is InChI=1S/C12H17Cl2NO2/c13-12(14)7-8(12)11(16)15-5-6-17-10-4-2-1-3-9(10)15/h8-10H,1-7H2/t8-,9+,10-/m0/s1. The molecule has 0 aromatic rings. The van der Waals surface area contributed by atoms with Crippen molar-refractivity contribution in [2.24, 2.45) is 5.92 Å². The van der Waals surface area contributed by atoms with Gasteiger partial charge in [-0.25, -0.2) is 0 Å². The lowest BCUT2D eigenvalue weighted by atomic mass is 9.90. The largest absolute Gasteiger partial charge is 0.374 e. The predicted molar refractivity (Wildman–Crippen MR) is 66.3 cm³/mol. The highest BCUT2D eigenvalue weighted by molar-refractivity contribution is 6.52. The van der Waals surface area contributed by atoms with Gasteiger partial charge >= 0.3 is 0 Å². The summed E-state index contributed by atoms with van der Waals surface area (Å²) in [5.41, 5.74) is 0. The Bertz CT molecular complexity index is 332. The number of morpholine rings is 1. The van der Waals surface area contributed by atoms with E-state index in [0.717, 1.165) is 12.8 Å². The van der Waals surface area contributed by atoms with Gasteiger partial charge in [-0.3, -0.25) is 4.79 Å². The number of amides is 1. The molecular formula is C12H17Cl2NO2. The van der Waals surface area contributed by atoms with Crippen LogP contribution in [0.1, 0.15) is 32.1 Å². The zero-order valence-electron chi connectivity index (χ0n) is 9.70. The summed E-state index contributed by atoms with van der Waals surface area (Å²) in [7, 11) is 0. The van der Waals surface area contributed by atoms with Gasteiger partial charge in [-0.2, -0.15) is 0 Å². The van der Waals surface area contributed by atoms with Gasteiger partial charge in [0.05, 0.1) is 24.7 Å². The number of carbonyl (C=O) groups is 1. The van der Waals surface area contributed by atoms with Crippen LogP contribution in [0.5, 0.6) is 0 Å². The van der Waals surface area contributed by atoms with Crippen LogP contribution in [-0.2, 0) is 9.53 Å². The van der Waals surface area contributed by atoms with Crippen LogP contribution in [0.3, 0.4) is 0 Å². The average Bonchev–Trinajstić information content (AvgIpc) is 2.97. The van der Waals surface area contributed by atoms with E-state index in [1.807, 2.05) is 4.90 Å². The monoisotopic (exact) mass is 277 g/mol. The second kappa shape index (κ2) is 4.29. The van der Waals surface area contributed by atoms with Crippen LogP contribution in [-0.4, -0.2) is 40.4 Å². The van der Waals surface area contributed by atoms with E-state index in [9.17, 15) is 4.79 Å². The lowest BCUT2D eigenvalue weighted by Gasteiger charge is -2.44. The summed E-state index contributed by atoms with van der Waals surface area (Å²) in [4.78, 5) is 14.3. The molecule has 1 amide bonds. The Morgan fingerprint density at radius 3 is 2.71 bits per heavy atom. The Labute approximate surface area is 111 Å². The molecule has 1 heterocycles. The number of hydrogen-bond acceptors (Lipinski definition) is 2. The molecule has 96 valence electrons. The van der Waals surface area contributed by atoms with Gasteiger partial charge in [-0.05, 0) is 19.3 Å². The first kappa shape index (κ1) is 12.1. The summed E-state index contributed by atoms with van der Waals surface area (Å²) < 4.78 is 4.95. The van der Waals surface area contributed by atoms with Crippen molar-refractivity contribution in [3.8, 4) is 0 Å². The highest BCUT2D eigenvalue weighted by Crippen LogP contribution is 2.54. The van der Waals surface area contributed by atoms with Gasteiger partial charge in [0.25, 0.3) is 0 Å². The summed E-state index contributed by atoms with van der Waals surface area (Å²) in [6.07, 6.45) is 5.37. The van der Waals surface area contributed by atoms with Crippen molar-refractivity contribution in [3.63, 3.8) is 0 Å². The van der Waals surface area contributed by atoms with Gasteiger partial charge < -0.3 is 9.64 Å². The number of rotatable bonds is 1. The summed E-state index contributed by atoms with van der Waals surface area (Å²) in [5, 5.41) is 0. The molecule has 0 bridgehead atoms. The van der Waals surface area contributed by atoms with Crippen LogP contribution in [0, 0.1) is 5.92 Å². The molecule has 3 rings (SSSR count). The number of hydrogen-bond donors (Lipinski definition) is 0. The van der Waals surface area contributed by atoms with Crippen molar-refractivity contribution in [1.82, 2.24) is 4.90 Å². The molecule has 1 aliphatic heterocycles. The topological polar surface area (TPSA) is 29.5 Å². The molecule has 0 radical (unpaired) electrons. The molecule has 3 aliphatic rings. The molecular weight excluding hydrogens is 261 g/mol. The summed E-state index contributed by atoms with van der Waals surface area (Å²) in [5.74, 6) is -0.0540. The minimum absolute atomic E-state index is 0.134. The Kier molecular flexibility index (Phi) is 3.04. The van der Waals surface area contributed by atoms with Crippen molar-refractivity contribution in [1.29, 1.82) is 0 Å². The van der Waals surface area contributed by atoms with Crippen molar-refractivity contribution in [3.05, 3.63) is 0 Å². The highest BCUT2D eigenvalue weighted by atomic mass is 35.5. The SMILES string of the molecule is O=C([C@@H]1CC1(Cl)Cl)N1CCO[C@H]2CCCC[C@H]21. The first-order valence-electron chi connectivity index (χ1n) is 6.39. The quantitative estimate of drug-likeness (QED) is 0.689. The zero-order valence-corrected chi connectivity index (χ0v) is 11.2. The van der Waals surface area contributed by atoms with E-state index in [1.54, 1.807) is 0 Å². The minimum atomic E-state index is -0.806. The molecule has 17 heavy (non-hydrogen) atoms. The molecule has 3 atom stereocenters. The van der Waals surface area contributed by atoms with Gasteiger partial charge in [0.1, 0.15) is 4.33 Å². The lowest BCUT2D eigenvalue weighted by Crippen LogP contribution is -2.55. The third-order valence-corrected chi connectivity index (χ3v) is 4.97. The molecule has 5 heteroatoms. The van der Waals surface area contributed by atoms with E-state index in [0.29, 0.717) is 19.6 Å². The summed E-state index contributed by atoms with van der Waals surface area (Å²) >= 11 is 12.0. The molecule has 3 nitrogen and oxygen atoms in total. The number of fused-ring (bicyclic) bond motifs is 1. The maximum absolute atomic E-state index is 12.3. The molecule has 1 saturated heterocycles. The van der Waals surface area contributed by atoms with Gasteiger partial charge in [0.15, 0.2) is 0 Å². The second-order valence-corrected chi connectivity index (χ2v) is 6.85. The van der Waals surface area contributed by atoms with Crippen LogP contribution >= 0.6 is 23.2 Å². The van der Waals surface area contributed by atoms with Crippen LogP contribution in [0.4, 0.5) is 0 Å². The van der Waals surface area contributed by atoms with Crippen LogP contribution in [0.25, 0.3) is 0 Å². The Morgan fingerprint density at radius 2 is 2.00 bits per heavy atom. The second-order valence-electron chi connectivity index (χ2n) is 5.31. The fourth-order valence-corrected chi connectivity index (χ4v) is 3.55. The van der Waals surface area contributed by atoms with E-state index in [1.165, 1.54) is 12.8 Å². The average molecular weight is 278 g/mol. The van der Waals surface area contributed by atoms with Crippen molar-refractivity contribution in [2.75, 3.05) is 13.2 Å². The van der Waals surface area contributed by atoms with Gasteiger partial charge in [-0.1, -0.05) is 12.8 Å². The smallest absolute Gasteiger partial charge is 0.229 e. The number of nitrogens with zero attached hydrogens (tertiary/aromatic N) is 1. The molecule has 2 aliphatic carbocycles. The lowest BCUT2D eigenvalue weighted by molar-refractivity contribution is -0.150. The number of alkyl halides is 2. The fourth-order valence-electron chi connectivity index (χ4n) is 3.05. The van der Waals surface area contributed by atoms with Crippen molar-refractivity contribution >= 4 is 29.1 Å². The fraction of sp³-hybridized carbons (Fsp3) is 0.917. The molecule has 3 fully saturated rings. The summed E-state index contributed by atoms with van der Waals surface area (Å²) in [6, 6.07) is 0.259. The first-order valence-corrected chi connectivity index (χ1v) is 7.15. The third kappa shape index (κ3) is 2.18. The van der Waals surface area contributed by atoms with E-state index in [2.05, 4.69) is 0 Å². The maximum Gasteiger partial charge on any atom is 0.229 e. The Morgan fingerprint density at radius 1 is 1.29 bits per heavy atom. The van der Waals surface area contributed by atoms with E-state index >= 15 is 0 Å². The van der Waals surface area contributed by atoms with Crippen LogP contribution < -0.4 is 0 Å². The van der Waals surface area contributed by atoms with Gasteiger partial charge in [0.2, 0.25) is 5.91 Å². The van der Waals surface area contributed by atoms with E-state index in [-0.39, 0.29) is 24.0 Å². The molecule has 0 N–H and O–H groups in total. The van der Waals surface area contributed by atoms with Crippen molar-refractivity contribution < 1.29 is 9.53 Å². The highest BCUT2D eigenvalue weighted by Gasteiger charge is 2.58.